The van der Waals surface area contributed by atoms with Gasteiger partial charge in [-0.15, -0.1) is 0 Å². The molecule has 0 amide bonds. The number of aromatic nitrogens is 2. The minimum atomic E-state index is -4.36. The van der Waals surface area contributed by atoms with Crippen LogP contribution in [0.3, 0.4) is 0 Å². The van der Waals surface area contributed by atoms with Gasteiger partial charge in [0.25, 0.3) is 0 Å². The standard InChI is InChI=1S/C9H7F3N2O/c10-9(11,12)6-1-2-14-8(3-6)4-7(5-15)13-14/h1-4,15H,5H2. The molecule has 0 unspecified atom stereocenters. The molecule has 0 aromatic carbocycles. The molecule has 0 atom stereocenters. The molecule has 2 rings (SSSR count). The van der Waals surface area contributed by atoms with Gasteiger partial charge in [0, 0.05) is 6.20 Å². The summed E-state index contributed by atoms with van der Waals surface area (Å²) >= 11 is 0. The minimum absolute atomic E-state index is 0.289. The summed E-state index contributed by atoms with van der Waals surface area (Å²) in [4.78, 5) is 0. The first-order valence-corrected chi connectivity index (χ1v) is 4.17. The van der Waals surface area contributed by atoms with Crippen LogP contribution in [0, 0.1) is 0 Å². The second kappa shape index (κ2) is 3.23. The summed E-state index contributed by atoms with van der Waals surface area (Å²) in [5, 5.41) is 12.6. The Morgan fingerprint density at radius 2 is 2.07 bits per heavy atom. The summed E-state index contributed by atoms with van der Waals surface area (Å²) in [6, 6.07) is 3.35. The van der Waals surface area contributed by atoms with Gasteiger partial charge in [0.2, 0.25) is 0 Å². The van der Waals surface area contributed by atoms with Crippen LogP contribution < -0.4 is 0 Å². The van der Waals surface area contributed by atoms with Crippen molar-refractivity contribution in [3.05, 3.63) is 35.7 Å². The van der Waals surface area contributed by atoms with Crippen molar-refractivity contribution in [2.24, 2.45) is 0 Å². The molecule has 0 bridgehead atoms. The van der Waals surface area contributed by atoms with Crippen LogP contribution in [0.2, 0.25) is 0 Å². The third kappa shape index (κ3) is 1.80. The second-order valence-corrected chi connectivity index (χ2v) is 3.08. The van der Waals surface area contributed by atoms with E-state index in [1.807, 2.05) is 0 Å². The van der Waals surface area contributed by atoms with Gasteiger partial charge in [0.1, 0.15) is 0 Å². The number of hydrogen-bond donors (Lipinski definition) is 1. The van der Waals surface area contributed by atoms with Gasteiger partial charge in [-0.1, -0.05) is 0 Å². The van der Waals surface area contributed by atoms with E-state index in [4.69, 9.17) is 5.11 Å². The van der Waals surface area contributed by atoms with E-state index in [0.717, 1.165) is 12.1 Å². The van der Waals surface area contributed by atoms with Crippen LogP contribution in [0.15, 0.2) is 24.4 Å². The Balaban J connectivity index is 2.55. The Morgan fingerprint density at radius 1 is 1.33 bits per heavy atom. The first-order valence-electron chi connectivity index (χ1n) is 4.17. The van der Waals surface area contributed by atoms with Crippen LogP contribution in [0.1, 0.15) is 11.3 Å². The van der Waals surface area contributed by atoms with E-state index in [2.05, 4.69) is 5.10 Å². The lowest BCUT2D eigenvalue weighted by atomic mass is 10.2. The molecule has 0 aliphatic rings. The molecule has 3 nitrogen and oxygen atoms in total. The molecular formula is C9H7F3N2O. The van der Waals surface area contributed by atoms with Gasteiger partial charge in [-0.25, -0.2) is 4.52 Å². The van der Waals surface area contributed by atoms with Crippen molar-refractivity contribution >= 4 is 5.52 Å². The molecule has 0 aliphatic carbocycles. The number of nitrogens with zero attached hydrogens (tertiary/aromatic N) is 2. The highest BCUT2D eigenvalue weighted by molar-refractivity contribution is 5.50. The van der Waals surface area contributed by atoms with E-state index in [9.17, 15) is 13.2 Å². The zero-order valence-corrected chi connectivity index (χ0v) is 7.49. The first-order chi connectivity index (χ1) is 7.00. The highest BCUT2D eigenvalue weighted by atomic mass is 19.4. The molecular weight excluding hydrogens is 209 g/mol. The number of hydrogen-bond acceptors (Lipinski definition) is 2. The van der Waals surface area contributed by atoms with Crippen molar-refractivity contribution in [2.75, 3.05) is 0 Å². The van der Waals surface area contributed by atoms with Gasteiger partial charge < -0.3 is 5.11 Å². The smallest absolute Gasteiger partial charge is 0.390 e. The van der Waals surface area contributed by atoms with E-state index >= 15 is 0 Å². The maximum Gasteiger partial charge on any atom is 0.416 e. The number of halogens is 3. The lowest BCUT2D eigenvalue weighted by molar-refractivity contribution is -0.137. The Bertz CT molecular complexity index is 490. The van der Waals surface area contributed by atoms with Crippen LogP contribution >= 0.6 is 0 Å². The normalized spacial score (nSPS) is 12.3. The molecule has 2 aromatic heterocycles. The monoisotopic (exact) mass is 216 g/mol. The van der Waals surface area contributed by atoms with E-state index in [1.54, 1.807) is 0 Å². The third-order valence-electron chi connectivity index (χ3n) is 2.00. The topological polar surface area (TPSA) is 37.5 Å². The first kappa shape index (κ1) is 9.97. The number of aliphatic hydroxyl groups is 1. The van der Waals surface area contributed by atoms with E-state index in [1.165, 1.54) is 16.8 Å². The Kier molecular flexibility index (Phi) is 2.15. The molecule has 6 heteroatoms. The maximum absolute atomic E-state index is 12.3. The molecule has 0 saturated carbocycles. The van der Waals surface area contributed by atoms with Crippen molar-refractivity contribution in [3.8, 4) is 0 Å². The summed E-state index contributed by atoms with van der Waals surface area (Å²) in [5.74, 6) is 0. The summed E-state index contributed by atoms with van der Waals surface area (Å²) in [6.07, 6.45) is -3.14. The van der Waals surface area contributed by atoms with Crippen molar-refractivity contribution in [3.63, 3.8) is 0 Å². The lowest BCUT2D eigenvalue weighted by Crippen LogP contribution is -2.05. The van der Waals surface area contributed by atoms with Gasteiger partial charge in [0.15, 0.2) is 0 Å². The van der Waals surface area contributed by atoms with E-state index < -0.39 is 11.7 Å². The molecule has 80 valence electrons. The summed E-state index contributed by atoms with van der Waals surface area (Å²) in [6.45, 7) is -0.289. The fourth-order valence-corrected chi connectivity index (χ4v) is 1.30. The van der Waals surface area contributed by atoms with Crippen LogP contribution in [-0.2, 0) is 12.8 Å². The van der Waals surface area contributed by atoms with E-state index in [-0.39, 0.29) is 6.61 Å². The molecule has 2 heterocycles. The van der Waals surface area contributed by atoms with Gasteiger partial charge in [-0.3, -0.25) is 0 Å². The fourth-order valence-electron chi connectivity index (χ4n) is 1.30. The molecule has 0 spiro atoms. The van der Waals surface area contributed by atoms with Crippen molar-refractivity contribution in [1.82, 2.24) is 9.61 Å². The molecule has 0 saturated heterocycles. The van der Waals surface area contributed by atoms with Crippen LogP contribution in [-0.4, -0.2) is 14.7 Å². The van der Waals surface area contributed by atoms with Crippen molar-refractivity contribution in [1.29, 1.82) is 0 Å². The Labute approximate surface area is 82.8 Å². The summed E-state index contributed by atoms with van der Waals surface area (Å²) in [5.41, 5.74) is -0.0670. The molecule has 1 N–H and O–H groups in total. The van der Waals surface area contributed by atoms with Crippen molar-refractivity contribution in [2.45, 2.75) is 12.8 Å². The van der Waals surface area contributed by atoms with Gasteiger partial charge in [-0.05, 0) is 18.2 Å². The van der Waals surface area contributed by atoms with Crippen LogP contribution in [0.5, 0.6) is 0 Å². The predicted octanol–water partition coefficient (Wildman–Crippen LogP) is 1.85. The minimum Gasteiger partial charge on any atom is -0.390 e. The van der Waals surface area contributed by atoms with Gasteiger partial charge >= 0.3 is 6.18 Å². The zero-order chi connectivity index (χ0) is 11.1. The number of rotatable bonds is 1. The highest BCUT2D eigenvalue weighted by Gasteiger charge is 2.30. The number of fused-ring (bicyclic) bond motifs is 1. The quantitative estimate of drug-likeness (QED) is 0.789. The number of alkyl halides is 3. The number of aliphatic hydroxyl groups excluding tert-OH is 1. The van der Waals surface area contributed by atoms with Gasteiger partial charge in [0.05, 0.1) is 23.4 Å². The van der Waals surface area contributed by atoms with Crippen LogP contribution in [0.4, 0.5) is 13.2 Å². The molecule has 0 fully saturated rings. The summed E-state index contributed by atoms with van der Waals surface area (Å²) in [7, 11) is 0. The van der Waals surface area contributed by atoms with Crippen molar-refractivity contribution < 1.29 is 18.3 Å². The SMILES string of the molecule is OCc1cc2cc(C(F)(F)F)ccn2n1. The predicted molar refractivity (Wildman–Crippen MR) is 46.1 cm³/mol. The summed E-state index contributed by atoms with van der Waals surface area (Å²) < 4.78 is 38.3. The molecule has 2 aromatic rings. The Morgan fingerprint density at radius 3 is 2.67 bits per heavy atom. The lowest BCUT2D eigenvalue weighted by Gasteiger charge is -2.05. The average Bonchev–Trinajstić information content (AvgIpc) is 2.57. The number of pyridine rings is 1. The zero-order valence-electron chi connectivity index (χ0n) is 7.49. The van der Waals surface area contributed by atoms with Crippen LogP contribution in [0.25, 0.3) is 5.52 Å². The third-order valence-corrected chi connectivity index (χ3v) is 2.00. The second-order valence-electron chi connectivity index (χ2n) is 3.08. The average molecular weight is 216 g/mol. The molecule has 0 aliphatic heterocycles. The maximum atomic E-state index is 12.3. The molecule has 15 heavy (non-hydrogen) atoms. The highest BCUT2D eigenvalue weighted by Crippen LogP contribution is 2.29. The largest absolute Gasteiger partial charge is 0.416 e. The Hall–Kier alpha value is -1.56. The fraction of sp³-hybridized carbons (Fsp3) is 0.222. The van der Waals surface area contributed by atoms with Gasteiger partial charge in [-0.2, -0.15) is 18.3 Å². The van der Waals surface area contributed by atoms with E-state index in [0.29, 0.717) is 11.2 Å². The molecule has 0 radical (unpaired) electrons.